The molecular formula is C20H18N2O7. The van der Waals surface area contributed by atoms with Crippen molar-refractivity contribution in [2.45, 2.75) is 6.92 Å². The number of anilines is 1. The molecule has 9 nitrogen and oxygen atoms in total. The summed E-state index contributed by atoms with van der Waals surface area (Å²) in [6.07, 6.45) is 2.72. The van der Waals surface area contributed by atoms with Crippen LogP contribution in [-0.2, 0) is 14.3 Å². The predicted octanol–water partition coefficient (Wildman–Crippen LogP) is 2.87. The summed E-state index contributed by atoms with van der Waals surface area (Å²) in [7, 11) is 0. The minimum absolute atomic E-state index is 0.109. The van der Waals surface area contributed by atoms with Gasteiger partial charge in [-0.25, -0.2) is 4.79 Å². The van der Waals surface area contributed by atoms with E-state index < -0.39 is 23.4 Å². The minimum atomic E-state index is -0.703. The molecule has 0 saturated heterocycles. The summed E-state index contributed by atoms with van der Waals surface area (Å²) in [5, 5.41) is 13.4. The van der Waals surface area contributed by atoms with Crippen molar-refractivity contribution < 1.29 is 28.7 Å². The average Bonchev–Trinajstić information content (AvgIpc) is 2.72. The molecule has 0 aliphatic carbocycles. The van der Waals surface area contributed by atoms with Crippen molar-refractivity contribution in [1.29, 1.82) is 0 Å². The number of nitro groups is 1. The molecule has 9 heteroatoms. The maximum absolute atomic E-state index is 12.0. The lowest BCUT2D eigenvalue weighted by Gasteiger charge is -2.18. The Kier molecular flexibility index (Phi) is 6.08. The molecule has 2 aromatic rings. The number of ether oxygens (including phenoxy) is 3. The number of fused-ring (bicyclic) bond motifs is 1. The normalized spacial score (nSPS) is 12.4. The highest BCUT2D eigenvalue weighted by atomic mass is 16.6. The fourth-order valence-corrected chi connectivity index (χ4v) is 2.66. The molecule has 0 fully saturated rings. The van der Waals surface area contributed by atoms with Crippen LogP contribution >= 0.6 is 0 Å². The number of hydrogen-bond donors (Lipinski definition) is 1. The van der Waals surface area contributed by atoms with E-state index in [9.17, 15) is 19.7 Å². The summed E-state index contributed by atoms with van der Waals surface area (Å²) < 4.78 is 15.8. The lowest BCUT2D eigenvalue weighted by molar-refractivity contribution is -0.385. The van der Waals surface area contributed by atoms with E-state index >= 15 is 0 Å². The fourth-order valence-electron chi connectivity index (χ4n) is 2.66. The number of nitrogens with one attached hydrogen (secondary N) is 1. The molecule has 1 N–H and O–H groups in total. The number of carbonyl (C=O) groups is 2. The van der Waals surface area contributed by atoms with Crippen molar-refractivity contribution in [2.75, 3.05) is 25.1 Å². The Labute approximate surface area is 166 Å². The van der Waals surface area contributed by atoms with E-state index in [2.05, 4.69) is 5.32 Å². The first-order chi connectivity index (χ1) is 13.9. The van der Waals surface area contributed by atoms with Crippen LogP contribution in [0.25, 0.3) is 6.08 Å². The van der Waals surface area contributed by atoms with Crippen molar-refractivity contribution in [3.05, 3.63) is 63.7 Å². The second-order valence-electron chi connectivity index (χ2n) is 6.10. The van der Waals surface area contributed by atoms with Gasteiger partial charge < -0.3 is 19.5 Å². The van der Waals surface area contributed by atoms with Gasteiger partial charge in [0.15, 0.2) is 18.1 Å². The number of hydrogen-bond acceptors (Lipinski definition) is 7. The minimum Gasteiger partial charge on any atom is -0.486 e. The topological polar surface area (TPSA) is 117 Å². The molecule has 0 saturated carbocycles. The zero-order chi connectivity index (χ0) is 20.8. The van der Waals surface area contributed by atoms with E-state index in [4.69, 9.17) is 14.2 Å². The third kappa shape index (κ3) is 5.10. The summed E-state index contributed by atoms with van der Waals surface area (Å²) in [6, 6.07) is 9.57. The Morgan fingerprint density at radius 2 is 1.97 bits per heavy atom. The molecule has 0 aromatic heterocycles. The zero-order valence-corrected chi connectivity index (χ0v) is 15.5. The van der Waals surface area contributed by atoms with Gasteiger partial charge in [0.2, 0.25) is 0 Å². The van der Waals surface area contributed by atoms with E-state index in [-0.39, 0.29) is 11.4 Å². The second kappa shape index (κ2) is 8.87. The maximum Gasteiger partial charge on any atom is 0.331 e. The quantitative estimate of drug-likeness (QED) is 0.344. The van der Waals surface area contributed by atoms with Crippen LogP contribution in [0, 0.1) is 17.0 Å². The van der Waals surface area contributed by atoms with Gasteiger partial charge in [-0.15, -0.1) is 0 Å². The van der Waals surface area contributed by atoms with Crippen LogP contribution in [0.3, 0.4) is 0 Å². The lowest BCUT2D eigenvalue weighted by atomic mass is 10.1. The van der Waals surface area contributed by atoms with Gasteiger partial charge in [0, 0.05) is 12.1 Å². The highest BCUT2D eigenvalue weighted by molar-refractivity contribution is 5.95. The van der Waals surface area contributed by atoms with Crippen LogP contribution in [0.4, 0.5) is 11.4 Å². The van der Waals surface area contributed by atoms with Gasteiger partial charge in [0.05, 0.1) is 16.2 Å². The fraction of sp³-hybridized carbons (Fsp3) is 0.200. The van der Waals surface area contributed by atoms with Crippen LogP contribution in [0.1, 0.15) is 11.1 Å². The molecule has 1 aliphatic heterocycles. The summed E-state index contributed by atoms with van der Waals surface area (Å²) in [6.45, 7) is 1.95. The third-order valence-corrected chi connectivity index (χ3v) is 4.10. The first-order valence-corrected chi connectivity index (χ1v) is 8.72. The van der Waals surface area contributed by atoms with E-state index in [1.54, 1.807) is 18.2 Å². The van der Waals surface area contributed by atoms with Crippen LogP contribution in [0.2, 0.25) is 0 Å². The summed E-state index contributed by atoms with van der Waals surface area (Å²) in [5.41, 5.74) is 1.20. The molecule has 3 rings (SSSR count). The van der Waals surface area contributed by atoms with Gasteiger partial charge in [-0.3, -0.25) is 14.9 Å². The summed E-state index contributed by atoms with van der Waals surface area (Å²) >= 11 is 0. The van der Waals surface area contributed by atoms with Gasteiger partial charge in [0.1, 0.15) is 13.2 Å². The van der Waals surface area contributed by atoms with Gasteiger partial charge in [-0.05, 0) is 36.8 Å². The van der Waals surface area contributed by atoms with Crippen LogP contribution in [0.5, 0.6) is 11.5 Å². The Hall–Kier alpha value is -3.88. The van der Waals surface area contributed by atoms with E-state index in [1.807, 2.05) is 0 Å². The number of esters is 1. The van der Waals surface area contributed by atoms with Gasteiger partial charge in [0.25, 0.3) is 11.6 Å². The second-order valence-corrected chi connectivity index (χ2v) is 6.10. The van der Waals surface area contributed by atoms with E-state index in [1.165, 1.54) is 37.3 Å². The van der Waals surface area contributed by atoms with Crippen molar-refractivity contribution >= 4 is 29.3 Å². The molecule has 1 aliphatic rings. The van der Waals surface area contributed by atoms with Crippen LogP contribution in [0.15, 0.2) is 42.5 Å². The van der Waals surface area contributed by atoms with Crippen molar-refractivity contribution in [3.63, 3.8) is 0 Å². The molecule has 1 amide bonds. The number of nitrogens with zero attached hydrogens (tertiary/aromatic N) is 1. The monoisotopic (exact) mass is 398 g/mol. The van der Waals surface area contributed by atoms with Gasteiger partial charge in [-0.2, -0.15) is 0 Å². The first-order valence-electron chi connectivity index (χ1n) is 8.72. The van der Waals surface area contributed by atoms with Gasteiger partial charge in [-0.1, -0.05) is 12.1 Å². The smallest absolute Gasteiger partial charge is 0.331 e. The number of benzene rings is 2. The van der Waals surface area contributed by atoms with Crippen molar-refractivity contribution in [1.82, 2.24) is 0 Å². The molecule has 0 unspecified atom stereocenters. The third-order valence-electron chi connectivity index (χ3n) is 4.10. The van der Waals surface area contributed by atoms with Crippen molar-refractivity contribution in [3.8, 4) is 11.5 Å². The van der Waals surface area contributed by atoms with Gasteiger partial charge >= 0.3 is 5.97 Å². The molecule has 0 radical (unpaired) electrons. The SMILES string of the molecule is Cc1c(NC(=O)COC(=O)C=Cc2ccc3c(c2)OCCO3)cccc1[N+](=O)[O-]. The number of carbonyl (C=O) groups excluding carboxylic acids is 2. The Balaban J connectivity index is 1.53. The molecule has 0 spiro atoms. The Bertz CT molecular complexity index is 985. The lowest BCUT2D eigenvalue weighted by Crippen LogP contribution is -2.20. The number of nitro benzene ring substituents is 1. The molecule has 150 valence electrons. The maximum atomic E-state index is 12.0. The zero-order valence-electron chi connectivity index (χ0n) is 15.5. The van der Waals surface area contributed by atoms with E-state index in [0.717, 1.165) is 0 Å². The first kappa shape index (κ1) is 19.9. The molecule has 0 atom stereocenters. The number of rotatable bonds is 6. The predicted molar refractivity (Wildman–Crippen MR) is 104 cm³/mol. The molecule has 0 bridgehead atoms. The Morgan fingerprint density at radius 3 is 2.72 bits per heavy atom. The largest absolute Gasteiger partial charge is 0.486 e. The molecular weight excluding hydrogens is 380 g/mol. The molecule has 1 heterocycles. The average molecular weight is 398 g/mol. The molecule has 29 heavy (non-hydrogen) atoms. The van der Waals surface area contributed by atoms with Crippen molar-refractivity contribution in [2.24, 2.45) is 0 Å². The number of amides is 1. The molecule has 2 aromatic carbocycles. The summed E-state index contributed by atoms with van der Waals surface area (Å²) in [5.74, 6) is -0.0666. The standard InChI is InChI=1S/C20H18N2O7/c1-13-15(3-2-4-16(13)22(25)26)21-19(23)12-29-20(24)8-6-14-5-7-17-18(11-14)28-10-9-27-17/h2-8,11H,9-10,12H2,1H3,(H,21,23). The summed E-state index contributed by atoms with van der Waals surface area (Å²) in [4.78, 5) is 34.2. The van der Waals surface area contributed by atoms with E-state index in [0.29, 0.717) is 35.8 Å². The van der Waals surface area contributed by atoms with Crippen LogP contribution in [-0.4, -0.2) is 36.6 Å². The van der Waals surface area contributed by atoms with Crippen LogP contribution < -0.4 is 14.8 Å². The highest BCUT2D eigenvalue weighted by Crippen LogP contribution is 2.31. The Morgan fingerprint density at radius 1 is 1.21 bits per heavy atom. The highest BCUT2D eigenvalue weighted by Gasteiger charge is 2.15.